The van der Waals surface area contributed by atoms with E-state index in [1.807, 2.05) is 4.90 Å². The topological polar surface area (TPSA) is 56.2 Å². The Labute approximate surface area is 165 Å². The largest absolute Gasteiger partial charge is 0.337 e. The Balaban J connectivity index is 2.09. The zero-order valence-corrected chi connectivity index (χ0v) is 16.1. The number of hydrogen-bond acceptors (Lipinski definition) is 4. The summed E-state index contributed by atoms with van der Waals surface area (Å²) in [5.41, 5.74) is -0.0848. The van der Waals surface area contributed by atoms with E-state index < -0.39 is 27.7 Å². The number of aliphatic imine (C=N–C) groups is 1. The molecule has 1 atom stereocenters. The number of anilines is 1. The van der Waals surface area contributed by atoms with Crippen molar-refractivity contribution >= 4 is 58.3 Å². The van der Waals surface area contributed by atoms with Gasteiger partial charge in [-0.1, -0.05) is 46.9 Å². The van der Waals surface area contributed by atoms with Crippen molar-refractivity contribution in [2.45, 2.75) is 22.8 Å². The summed E-state index contributed by atoms with van der Waals surface area (Å²) in [7, 11) is 1.29. The number of benzene rings is 1. The summed E-state index contributed by atoms with van der Waals surface area (Å²) in [6.45, 7) is 1.29. The quantitative estimate of drug-likeness (QED) is 0.555. The predicted molar refractivity (Wildman–Crippen MR) is 99.4 cm³/mol. The molecule has 0 radical (unpaired) electrons. The molecule has 1 aromatic carbocycles. The Bertz CT molecular complexity index is 762. The van der Waals surface area contributed by atoms with Crippen LogP contribution in [0.5, 0.6) is 0 Å². The van der Waals surface area contributed by atoms with Crippen LogP contribution >= 0.6 is 34.8 Å². The van der Waals surface area contributed by atoms with Crippen LogP contribution in [0, 0.1) is 5.82 Å². The normalized spacial score (nSPS) is 22.0. The lowest BCUT2D eigenvalue weighted by atomic mass is 10.3. The summed E-state index contributed by atoms with van der Waals surface area (Å²) in [5.74, 6) is -1.62. The molecule has 1 aromatic rings. The number of urea groups is 1. The minimum Gasteiger partial charge on any atom is -0.278 e. The van der Waals surface area contributed by atoms with E-state index in [0.29, 0.717) is 13.1 Å². The van der Waals surface area contributed by atoms with Crippen LogP contribution in [0.1, 0.15) is 12.8 Å². The van der Waals surface area contributed by atoms with Gasteiger partial charge >= 0.3 is 6.03 Å². The van der Waals surface area contributed by atoms with Gasteiger partial charge in [0.15, 0.2) is 6.17 Å². The van der Waals surface area contributed by atoms with Gasteiger partial charge < -0.3 is 0 Å². The molecule has 140 valence electrons. The van der Waals surface area contributed by atoms with Crippen molar-refractivity contribution in [1.82, 2.24) is 9.80 Å². The molecule has 3 rings (SSSR count). The number of amides is 3. The monoisotopic (exact) mass is 420 g/mol. The zero-order chi connectivity index (χ0) is 19.1. The molecule has 2 saturated heterocycles. The van der Waals surface area contributed by atoms with Gasteiger partial charge in [-0.15, -0.1) is 0 Å². The molecule has 0 aromatic heterocycles. The fraction of sp³-hybridized carbons (Fsp3) is 0.438. The summed E-state index contributed by atoms with van der Waals surface area (Å²) >= 11 is 18.2. The van der Waals surface area contributed by atoms with Gasteiger partial charge in [0.25, 0.3) is 5.91 Å². The third-order valence-electron chi connectivity index (χ3n) is 4.30. The number of imide groups is 1. The number of halogens is 4. The Kier molecular flexibility index (Phi) is 5.44. The fourth-order valence-electron chi connectivity index (χ4n) is 3.00. The summed E-state index contributed by atoms with van der Waals surface area (Å²) in [4.78, 5) is 33.0. The first-order chi connectivity index (χ1) is 12.2. The molecule has 2 aliphatic rings. The van der Waals surface area contributed by atoms with Gasteiger partial charge in [0, 0.05) is 20.1 Å². The van der Waals surface area contributed by atoms with Crippen molar-refractivity contribution < 1.29 is 14.0 Å². The molecule has 6 nitrogen and oxygen atoms in total. The number of amidine groups is 1. The van der Waals surface area contributed by atoms with Gasteiger partial charge in [0.05, 0.1) is 5.69 Å². The molecule has 26 heavy (non-hydrogen) atoms. The van der Waals surface area contributed by atoms with Gasteiger partial charge in [-0.25, -0.2) is 19.1 Å². The molecule has 3 amide bonds. The van der Waals surface area contributed by atoms with E-state index >= 15 is 0 Å². The van der Waals surface area contributed by atoms with Gasteiger partial charge in [-0.2, -0.15) is 0 Å². The van der Waals surface area contributed by atoms with E-state index in [0.717, 1.165) is 22.6 Å². The summed E-state index contributed by atoms with van der Waals surface area (Å²) in [6, 6.07) is 4.89. The van der Waals surface area contributed by atoms with Crippen LogP contribution < -0.4 is 4.90 Å². The minimum atomic E-state index is -1.82. The highest BCUT2D eigenvalue weighted by Gasteiger charge is 2.46. The van der Waals surface area contributed by atoms with E-state index in [1.54, 1.807) is 6.07 Å². The zero-order valence-electron chi connectivity index (χ0n) is 13.8. The highest BCUT2D eigenvalue weighted by atomic mass is 35.6. The second-order valence-corrected chi connectivity index (χ2v) is 8.41. The summed E-state index contributed by atoms with van der Waals surface area (Å²) in [6.07, 6.45) is 0.847. The molecule has 0 bridgehead atoms. The van der Waals surface area contributed by atoms with Crippen LogP contribution in [0.4, 0.5) is 14.9 Å². The SMILES string of the molecule is CN1C(=O)C(=NC(N2CCCC2)C(Cl)(Cl)Cl)N(c2ccccc2F)C1=O. The van der Waals surface area contributed by atoms with E-state index in [1.165, 1.54) is 25.2 Å². The first kappa shape index (κ1) is 19.4. The van der Waals surface area contributed by atoms with Gasteiger partial charge in [0.2, 0.25) is 9.63 Å². The second-order valence-electron chi connectivity index (χ2n) is 6.04. The lowest BCUT2D eigenvalue weighted by Crippen LogP contribution is -2.44. The van der Waals surface area contributed by atoms with Crippen molar-refractivity contribution in [2.75, 3.05) is 25.0 Å². The number of para-hydroxylation sites is 1. The number of carbonyl (C=O) groups excluding carboxylic acids is 2. The van der Waals surface area contributed by atoms with Gasteiger partial charge in [-0.05, 0) is 25.0 Å². The average Bonchev–Trinajstić information content (AvgIpc) is 3.16. The van der Waals surface area contributed by atoms with Crippen molar-refractivity contribution in [1.29, 1.82) is 0 Å². The molecule has 2 heterocycles. The smallest absolute Gasteiger partial charge is 0.278 e. The number of carbonyl (C=O) groups is 2. The van der Waals surface area contributed by atoms with E-state index in [9.17, 15) is 14.0 Å². The lowest BCUT2D eigenvalue weighted by Gasteiger charge is -2.30. The van der Waals surface area contributed by atoms with E-state index in [4.69, 9.17) is 34.8 Å². The van der Waals surface area contributed by atoms with Crippen LogP contribution in [0.25, 0.3) is 0 Å². The van der Waals surface area contributed by atoms with E-state index in [2.05, 4.69) is 4.99 Å². The third-order valence-corrected chi connectivity index (χ3v) is 4.89. The Morgan fingerprint density at radius 3 is 2.35 bits per heavy atom. The van der Waals surface area contributed by atoms with E-state index in [-0.39, 0.29) is 11.5 Å². The Morgan fingerprint density at radius 1 is 1.15 bits per heavy atom. The van der Waals surface area contributed by atoms with Crippen molar-refractivity contribution in [3.8, 4) is 0 Å². The minimum absolute atomic E-state index is 0.0848. The fourth-order valence-corrected chi connectivity index (χ4v) is 3.56. The average molecular weight is 422 g/mol. The maximum Gasteiger partial charge on any atom is 0.337 e. The van der Waals surface area contributed by atoms with Crippen molar-refractivity contribution in [3.05, 3.63) is 30.1 Å². The highest BCUT2D eigenvalue weighted by molar-refractivity contribution is 6.68. The molecule has 2 fully saturated rings. The maximum absolute atomic E-state index is 14.2. The number of nitrogens with zero attached hydrogens (tertiary/aromatic N) is 4. The first-order valence-corrected chi connectivity index (χ1v) is 9.10. The van der Waals surface area contributed by atoms with Crippen LogP contribution in [0.2, 0.25) is 0 Å². The molecule has 1 unspecified atom stereocenters. The number of alkyl halides is 3. The van der Waals surface area contributed by atoms with Crippen molar-refractivity contribution in [2.24, 2.45) is 4.99 Å². The number of rotatable bonds is 3. The number of hydrogen-bond donors (Lipinski definition) is 0. The number of likely N-dealkylation sites (N-methyl/N-ethyl adjacent to an activating group) is 1. The molecular weight excluding hydrogens is 406 g/mol. The summed E-state index contributed by atoms with van der Waals surface area (Å²) < 4.78 is 12.4. The molecule has 10 heteroatoms. The molecule has 0 saturated carbocycles. The van der Waals surface area contributed by atoms with Crippen LogP contribution in [0.15, 0.2) is 29.3 Å². The summed E-state index contributed by atoms with van der Waals surface area (Å²) in [5, 5.41) is 0. The van der Waals surface area contributed by atoms with Crippen LogP contribution in [0.3, 0.4) is 0 Å². The molecular formula is C16H16Cl3FN4O2. The van der Waals surface area contributed by atoms with Gasteiger partial charge in [0.1, 0.15) is 5.82 Å². The van der Waals surface area contributed by atoms with Crippen molar-refractivity contribution in [3.63, 3.8) is 0 Å². The lowest BCUT2D eigenvalue weighted by molar-refractivity contribution is -0.119. The number of likely N-dealkylation sites (tertiary alicyclic amines) is 1. The molecule has 0 N–H and O–H groups in total. The van der Waals surface area contributed by atoms with Crippen LogP contribution in [-0.2, 0) is 4.79 Å². The van der Waals surface area contributed by atoms with Crippen LogP contribution in [-0.4, -0.2) is 57.7 Å². The maximum atomic E-state index is 14.2. The molecule has 2 aliphatic heterocycles. The Morgan fingerprint density at radius 2 is 1.77 bits per heavy atom. The first-order valence-electron chi connectivity index (χ1n) is 7.97. The third kappa shape index (κ3) is 3.53. The molecule has 0 spiro atoms. The predicted octanol–water partition coefficient (Wildman–Crippen LogP) is 3.41. The Hall–Kier alpha value is -1.41. The molecule has 0 aliphatic carbocycles. The van der Waals surface area contributed by atoms with Gasteiger partial charge in [-0.3, -0.25) is 14.6 Å². The second kappa shape index (κ2) is 7.31. The standard InChI is InChI=1S/C16H16Cl3FN4O2/c1-22-13(25)12(21-14(16(17,18)19)23-8-4-5-9-23)24(15(22)26)11-7-3-2-6-10(11)20/h2-3,6-7,14H,4-5,8-9H2,1H3. The highest BCUT2D eigenvalue weighted by Crippen LogP contribution is 2.37.